The van der Waals surface area contributed by atoms with Gasteiger partial charge in [0.1, 0.15) is 28.7 Å². The monoisotopic (exact) mass is 543 g/mol. The lowest BCUT2D eigenvalue weighted by molar-refractivity contribution is -0.148. The van der Waals surface area contributed by atoms with Crippen LogP contribution in [0, 0.1) is 23.1 Å². The minimum Gasteiger partial charge on any atom is -0.510 e. The van der Waals surface area contributed by atoms with Crippen LogP contribution in [0.25, 0.3) is 0 Å². The number of likely N-dealkylation sites (N-methyl/N-ethyl adjacent to an activating group) is 1. The normalized spacial score (nSPS) is 29.0. The summed E-state index contributed by atoms with van der Waals surface area (Å²) in [6.45, 7) is 7.29. The zero-order chi connectivity index (χ0) is 28.9. The second kappa shape index (κ2) is 8.61. The Kier molecular flexibility index (Phi) is 6.02. The molecule has 0 unspecified atom stereocenters. The maximum atomic E-state index is 16.0. The van der Waals surface area contributed by atoms with E-state index in [1.807, 2.05) is 25.7 Å². The molecule has 0 saturated carbocycles. The van der Waals surface area contributed by atoms with Gasteiger partial charge in [-0.3, -0.25) is 24.2 Å². The van der Waals surface area contributed by atoms with E-state index < -0.39 is 63.9 Å². The van der Waals surface area contributed by atoms with Gasteiger partial charge in [-0.15, -0.1) is 0 Å². The lowest BCUT2D eigenvalue weighted by Gasteiger charge is -2.50. The number of aliphatic hydroxyl groups excluding tert-OH is 2. The summed E-state index contributed by atoms with van der Waals surface area (Å²) in [6.07, 6.45) is -0.153. The summed E-state index contributed by atoms with van der Waals surface area (Å²) < 4.78 is 16.0. The Morgan fingerprint density at radius 2 is 1.74 bits per heavy atom. The van der Waals surface area contributed by atoms with Crippen LogP contribution in [0.3, 0.4) is 0 Å². The van der Waals surface area contributed by atoms with Crippen molar-refractivity contribution in [2.24, 2.45) is 23.0 Å². The molecule has 1 amide bonds. The van der Waals surface area contributed by atoms with Crippen LogP contribution in [0.2, 0.25) is 0 Å². The van der Waals surface area contributed by atoms with E-state index in [9.17, 15) is 34.8 Å². The molecule has 1 aromatic rings. The number of halogens is 1. The molecule has 4 atom stereocenters. The summed E-state index contributed by atoms with van der Waals surface area (Å²) in [5.74, 6) is -7.99. The van der Waals surface area contributed by atoms with Crippen LogP contribution in [-0.4, -0.2) is 80.0 Å². The number of allylic oxidation sites excluding steroid dienone is 1. The first kappa shape index (κ1) is 27.3. The van der Waals surface area contributed by atoms with Crippen LogP contribution in [0.15, 0.2) is 22.7 Å². The Hall–Kier alpha value is -3.28. The fourth-order valence-electron chi connectivity index (χ4n) is 7.07. The quantitative estimate of drug-likeness (QED) is 0.356. The van der Waals surface area contributed by atoms with Gasteiger partial charge in [0.2, 0.25) is 5.78 Å². The molecule has 4 aliphatic rings. The average Bonchev–Trinajstić information content (AvgIpc) is 3.22. The van der Waals surface area contributed by atoms with Crippen LogP contribution in [0.1, 0.15) is 54.2 Å². The fourth-order valence-corrected chi connectivity index (χ4v) is 7.07. The highest BCUT2D eigenvalue weighted by atomic mass is 19.1. The first-order valence-corrected chi connectivity index (χ1v) is 12.9. The largest absolute Gasteiger partial charge is 0.510 e. The van der Waals surface area contributed by atoms with Gasteiger partial charge in [0.25, 0.3) is 5.91 Å². The van der Waals surface area contributed by atoms with Gasteiger partial charge < -0.3 is 26.2 Å². The molecule has 0 bridgehead atoms. The van der Waals surface area contributed by atoms with E-state index in [0.29, 0.717) is 17.7 Å². The van der Waals surface area contributed by atoms with Crippen LogP contribution in [-0.2, 0) is 29.1 Å². The number of nitrogens with two attached hydrogens (primary N) is 1. The number of ketones is 2. The number of carbonyl (C=O) groups is 3. The van der Waals surface area contributed by atoms with Crippen LogP contribution < -0.4 is 5.73 Å². The van der Waals surface area contributed by atoms with E-state index in [1.54, 1.807) is 14.1 Å². The molecule has 10 nitrogen and oxygen atoms in total. The summed E-state index contributed by atoms with van der Waals surface area (Å²) in [6, 6.07) is -1.10. The Morgan fingerprint density at radius 1 is 1.13 bits per heavy atom. The summed E-state index contributed by atoms with van der Waals surface area (Å²) >= 11 is 0. The molecular formula is C28H34FN3O7. The SMILES string of the molecule is CN(C)[C@@H]1C(O)=C(C(N)=O)C(=O)[C@@]2(O)C(O)=C3C(=O)c4c(O)c5c(c(F)c4C[C@H]3C[C@@H]12)CN(CC(C)(C)C)C5. The Morgan fingerprint density at radius 3 is 2.31 bits per heavy atom. The van der Waals surface area contributed by atoms with E-state index in [-0.39, 0.29) is 53.8 Å². The second-order valence-corrected chi connectivity index (χ2v) is 12.6. The predicted molar refractivity (Wildman–Crippen MR) is 137 cm³/mol. The van der Waals surface area contributed by atoms with Crippen molar-refractivity contribution < 1.29 is 39.2 Å². The maximum Gasteiger partial charge on any atom is 0.255 e. The van der Waals surface area contributed by atoms with Crippen molar-refractivity contribution >= 4 is 17.5 Å². The standard InChI is InChI=1S/C28H34FN3O7/c1-27(2,3)10-32-8-13-14(9-32)21(33)17-12(19(13)29)6-11-7-15-20(31(4)5)23(35)18(26(30)38)25(37)28(15,39)24(36)16(11)22(17)34/h11,15,20,33,35-36,39H,6-10H2,1-5H3,(H2,30,38)/t11-,15-,20-,28-/m0/s1. The number of rotatable bonds is 3. The number of amides is 1. The number of fused-ring (bicyclic) bond motifs is 4. The molecule has 11 heteroatoms. The summed E-state index contributed by atoms with van der Waals surface area (Å²) in [4.78, 5) is 42.7. The predicted octanol–water partition coefficient (Wildman–Crippen LogP) is 1.62. The van der Waals surface area contributed by atoms with E-state index in [1.165, 1.54) is 4.90 Å². The zero-order valence-corrected chi connectivity index (χ0v) is 22.6. The molecule has 0 radical (unpaired) electrons. The van der Waals surface area contributed by atoms with E-state index in [4.69, 9.17) is 5.73 Å². The van der Waals surface area contributed by atoms with Gasteiger partial charge in [-0.1, -0.05) is 20.8 Å². The molecule has 0 fully saturated rings. The van der Waals surface area contributed by atoms with Gasteiger partial charge in [0, 0.05) is 47.8 Å². The Balaban J connectivity index is 1.66. The third kappa shape index (κ3) is 3.74. The van der Waals surface area contributed by atoms with Crippen molar-refractivity contribution in [3.63, 3.8) is 0 Å². The molecule has 0 spiro atoms. The third-order valence-electron chi connectivity index (χ3n) is 8.50. The van der Waals surface area contributed by atoms with Crippen molar-refractivity contribution in [3.05, 3.63) is 50.7 Å². The third-order valence-corrected chi connectivity index (χ3v) is 8.50. The number of phenolic OH excluding ortho intramolecular Hbond substituents is 1. The smallest absolute Gasteiger partial charge is 0.255 e. The van der Waals surface area contributed by atoms with E-state index in [0.717, 1.165) is 0 Å². The molecule has 6 N–H and O–H groups in total. The van der Waals surface area contributed by atoms with Crippen molar-refractivity contribution in [1.29, 1.82) is 0 Å². The Labute approximate surface area is 225 Å². The highest BCUT2D eigenvalue weighted by molar-refractivity contribution is 6.24. The molecule has 1 heterocycles. The topological polar surface area (TPSA) is 165 Å². The number of phenols is 1. The average molecular weight is 544 g/mol. The van der Waals surface area contributed by atoms with Gasteiger partial charge in [0.15, 0.2) is 11.4 Å². The lowest BCUT2D eigenvalue weighted by atomic mass is 9.58. The molecule has 5 rings (SSSR count). The fraction of sp³-hybridized carbons (Fsp3) is 0.536. The molecule has 3 aliphatic carbocycles. The lowest BCUT2D eigenvalue weighted by Crippen LogP contribution is -2.63. The van der Waals surface area contributed by atoms with Gasteiger partial charge in [-0.25, -0.2) is 4.39 Å². The minimum absolute atomic E-state index is 0.0296. The van der Waals surface area contributed by atoms with Gasteiger partial charge in [-0.2, -0.15) is 0 Å². The highest BCUT2D eigenvalue weighted by Gasteiger charge is 2.63. The number of hydrogen-bond acceptors (Lipinski definition) is 9. The van der Waals surface area contributed by atoms with Crippen molar-refractivity contribution in [2.45, 2.75) is 58.3 Å². The first-order chi connectivity index (χ1) is 18.0. The number of aromatic hydroxyl groups is 1. The van der Waals surface area contributed by atoms with E-state index >= 15 is 4.39 Å². The number of nitrogens with zero attached hydrogens (tertiary/aromatic N) is 2. The Bertz CT molecular complexity index is 1410. The highest BCUT2D eigenvalue weighted by Crippen LogP contribution is 2.53. The molecule has 1 aromatic carbocycles. The van der Waals surface area contributed by atoms with Crippen molar-refractivity contribution in [1.82, 2.24) is 9.80 Å². The number of Topliss-reactive ketones (excluding diaryl/α,β-unsaturated/α-hetero) is 2. The molecule has 0 aromatic heterocycles. The zero-order valence-electron chi connectivity index (χ0n) is 22.6. The molecule has 39 heavy (non-hydrogen) atoms. The number of primary amides is 1. The molecule has 210 valence electrons. The van der Waals surface area contributed by atoms with Crippen molar-refractivity contribution in [3.8, 4) is 5.75 Å². The van der Waals surface area contributed by atoms with E-state index in [2.05, 4.69) is 0 Å². The van der Waals surface area contributed by atoms with Crippen LogP contribution in [0.5, 0.6) is 5.75 Å². The van der Waals surface area contributed by atoms with Crippen LogP contribution in [0.4, 0.5) is 4.39 Å². The second-order valence-electron chi connectivity index (χ2n) is 12.6. The number of aliphatic hydroxyl groups is 3. The molecule has 1 aliphatic heterocycles. The number of benzene rings is 1. The molecule has 0 saturated heterocycles. The maximum absolute atomic E-state index is 16.0. The summed E-state index contributed by atoms with van der Waals surface area (Å²) in [7, 11) is 3.11. The van der Waals surface area contributed by atoms with Gasteiger partial charge in [0.05, 0.1) is 11.6 Å². The van der Waals surface area contributed by atoms with Crippen LogP contribution >= 0.6 is 0 Å². The number of carbonyl (C=O) groups excluding carboxylic acids is 3. The van der Waals surface area contributed by atoms with Gasteiger partial charge >= 0.3 is 0 Å². The van der Waals surface area contributed by atoms with Gasteiger partial charge in [-0.05, 0) is 38.3 Å². The molecular weight excluding hydrogens is 509 g/mol. The summed E-state index contributed by atoms with van der Waals surface area (Å²) in [5.41, 5.74) is 1.76. The van der Waals surface area contributed by atoms with Crippen molar-refractivity contribution in [2.75, 3.05) is 20.6 Å². The number of hydrogen-bond donors (Lipinski definition) is 5. The first-order valence-electron chi connectivity index (χ1n) is 12.9. The summed E-state index contributed by atoms with van der Waals surface area (Å²) in [5, 5.41) is 45.1. The minimum atomic E-state index is -2.72.